The van der Waals surface area contributed by atoms with E-state index in [0.29, 0.717) is 5.92 Å². The number of rotatable bonds is 3. The largest absolute Gasteiger partial charge is 0.329 e. The van der Waals surface area contributed by atoms with E-state index in [1.807, 2.05) is 24.5 Å². The highest BCUT2D eigenvalue weighted by atomic mass is 15.1. The number of hydrogen-bond acceptors (Lipinski definition) is 3. The minimum Gasteiger partial charge on any atom is -0.329 e. The third-order valence-electron chi connectivity index (χ3n) is 3.51. The molecule has 3 rings (SSSR count). The zero-order chi connectivity index (χ0) is 12.2. The molecule has 94 valence electrons. The van der Waals surface area contributed by atoms with Crippen LogP contribution in [0.2, 0.25) is 0 Å². The lowest BCUT2D eigenvalue weighted by molar-refractivity contribution is 0.433. The molecule has 2 aromatic rings. The van der Waals surface area contributed by atoms with Gasteiger partial charge in [-0.25, -0.2) is 4.98 Å². The van der Waals surface area contributed by atoms with Gasteiger partial charge in [0, 0.05) is 24.5 Å². The van der Waals surface area contributed by atoms with Gasteiger partial charge < -0.3 is 9.88 Å². The second-order valence-electron chi connectivity index (χ2n) is 4.76. The number of nitrogens with one attached hydrogen (secondary N) is 1. The fourth-order valence-electron chi connectivity index (χ4n) is 2.56. The van der Waals surface area contributed by atoms with Crippen LogP contribution in [0.5, 0.6) is 0 Å². The topological polar surface area (TPSA) is 42.7 Å². The van der Waals surface area contributed by atoms with Gasteiger partial charge in [-0.1, -0.05) is 6.07 Å². The van der Waals surface area contributed by atoms with Crippen LogP contribution in [0, 0.1) is 0 Å². The standard InChI is InChI=1S/C14H18N4/c1-2-6-16-13(3-1)11-18-10-9-17-14(18)12-4-7-15-8-5-12/h1-3,6,9-10,12,15H,4-5,7-8,11H2. The van der Waals surface area contributed by atoms with E-state index in [1.165, 1.54) is 18.7 Å². The third kappa shape index (κ3) is 2.43. The molecule has 0 bridgehead atoms. The molecule has 1 N–H and O–H groups in total. The second-order valence-corrected chi connectivity index (χ2v) is 4.76. The first-order valence-electron chi connectivity index (χ1n) is 6.55. The summed E-state index contributed by atoms with van der Waals surface area (Å²) < 4.78 is 2.23. The molecule has 0 aromatic carbocycles. The summed E-state index contributed by atoms with van der Waals surface area (Å²) in [6, 6.07) is 6.04. The van der Waals surface area contributed by atoms with E-state index in [9.17, 15) is 0 Å². The summed E-state index contributed by atoms with van der Waals surface area (Å²) in [7, 11) is 0. The molecule has 18 heavy (non-hydrogen) atoms. The normalized spacial score (nSPS) is 16.9. The van der Waals surface area contributed by atoms with E-state index in [1.54, 1.807) is 0 Å². The predicted molar refractivity (Wildman–Crippen MR) is 70.4 cm³/mol. The van der Waals surface area contributed by atoms with Crippen molar-refractivity contribution in [2.75, 3.05) is 13.1 Å². The van der Waals surface area contributed by atoms with E-state index >= 15 is 0 Å². The highest BCUT2D eigenvalue weighted by Crippen LogP contribution is 2.23. The summed E-state index contributed by atoms with van der Waals surface area (Å²) in [6.07, 6.45) is 8.17. The van der Waals surface area contributed by atoms with Gasteiger partial charge in [0.25, 0.3) is 0 Å². The van der Waals surface area contributed by atoms with Crippen molar-refractivity contribution in [3.05, 3.63) is 48.3 Å². The Kier molecular flexibility index (Phi) is 3.37. The van der Waals surface area contributed by atoms with Gasteiger partial charge in [0.15, 0.2) is 0 Å². The molecule has 0 spiro atoms. The molecule has 3 heterocycles. The van der Waals surface area contributed by atoms with Crippen molar-refractivity contribution < 1.29 is 0 Å². The maximum Gasteiger partial charge on any atom is 0.112 e. The monoisotopic (exact) mass is 242 g/mol. The zero-order valence-corrected chi connectivity index (χ0v) is 10.4. The Morgan fingerprint density at radius 2 is 2.06 bits per heavy atom. The van der Waals surface area contributed by atoms with Crippen LogP contribution in [0.1, 0.15) is 30.3 Å². The van der Waals surface area contributed by atoms with Gasteiger partial charge in [0.1, 0.15) is 5.82 Å². The number of nitrogens with zero attached hydrogens (tertiary/aromatic N) is 3. The quantitative estimate of drug-likeness (QED) is 0.892. The molecular weight excluding hydrogens is 224 g/mol. The molecule has 0 unspecified atom stereocenters. The maximum absolute atomic E-state index is 4.54. The average molecular weight is 242 g/mol. The van der Waals surface area contributed by atoms with Crippen LogP contribution in [0.25, 0.3) is 0 Å². The molecule has 4 heteroatoms. The van der Waals surface area contributed by atoms with Crippen LogP contribution in [0.4, 0.5) is 0 Å². The number of hydrogen-bond donors (Lipinski definition) is 1. The van der Waals surface area contributed by atoms with Crippen LogP contribution in [0.15, 0.2) is 36.8 Å². The van der Waals surface area contributed by atoms with Crippen molar-refractivity contribution in [1.82, 2.24) is 19.9 Å². The van der Waals surface area contributed by atoms with Gasteiger partial charge in [-0.2, -0.15) is 0 Å². The van der Waals surface area contributed by atoms with Gasteiger partial charge in [-0.15, -0.1) is 0 Å². The van der Waals surface area contributed by atoms with Crippen molar-refractivity contribution in [3.63, 3.8) is 0 Å². The van der Waals surface area contributed by atoms with E-state index in [-0.39, 0.29) is 0 Å². The van der Waals surface area contributed by atoms with Crippen molar-refractivity contribution in [2.24, 2.45) is 0 Å². The van der Waals surface area contributed by atoms with Crippen molar-refractivity contribution in [2.45, 2.75) is 25.3 Å². The Morgan fingerprint density at radius 3 is 2.83 bits per heavy atom. The Bertz CT molecular complexity index is 486. The fourth-order valence-corrected chi connectivity index (χ4v) is 2.56. The van der Waals surface area contributed by atoms with Gasteiger partial charge in [-0.05, 0) is 38.1 Å². The van der Waals surface area contributed by atoms with Crippen molar-refractivity contribution in [1.29, 1.82) is 0 Å². The third-order valence-corrected chi connectivity index (χ3v) is 3.51. The Balaban J connectivity index is 1.78. The zero-order valence-electron chi connectivity index (χ0n) is 10.4. The van der Waals surface area contributed by atoms with Crippen molar-refractivity contribution in [3.8, 4) is 0 Å². The molecule has 0 aliphatic carbocycles. The smallest absolute Gasteiger partial charge is 0.112 e. The Hall–Kier alpha value is -1.68. The van der Waals surface area contributed by atoms with Crippen molar-refractivity contribution >= 4 is 0 Å². The van der Waals surface area contributed by atoms with Crippen LogP contribution >= 0.6 is 0 Å². The highest BCUT2D eigenvalue weighted by molar-refractivity contribution is 5.08. The molecule has 1 aliphatic heterocycles. The maximum atomic E-state index is 4.54. The van der Waals surface area contributed by atoms with Gasteiger partial charge in [0.2, 0.25) is 0 Å². The molecule has 0 atom stereocenters. The number of pyridine rings is 1. The summed E-state index contributed by atoms with van der Waals surface area (Å²) in [5.41, 5.74) is 1.09. The van der Waals surface area contributed by atoms with Crippen LogP contribution < -0.4 is 5.32 Å². The number of piperidine rings is 1. The minimum atomic E-state index is 0.588. The molecule has 2 aromatic heterocycles. The SMILES string of the molecule is c1ccc(Cn2ccnc2C2CCNCC2)nc1. The number of imidazole rings is 1. The molecule has 0 saturated carbocycles. The second kappa shape index (κ2) is 5.31. The summed E-state index contributed by atoms with van der Waals surface area (Å²) in [5.74, 6) is 1.80. The summed E-state index contributed by atoms with van der Waals surface area (Å²) >= 11 is 0. The minimum absolute atomic E-state index is 0.588. The van der Waals surface area contributed by atoms with E-state index in [2.05, 4.69) is 32.1 Å². The van der Waals surface area contributed by atoms with E-state index in [0.717, 1.165) is 25.3 Å². The molecule has 1 saturated heterocycles. The number of aromatic nitrogens is 3. The summed E-state index contributed by atoms with van der Waals surface area (Å²) in [4.78, 5) is 8.92. The highest BCUT2D eigenvalue weighted by Gasteiger charge is 2.19. The predicted octanol–water partition coefficient (Wildman–Crippen LogP) is 1.79. The first-order valence-corrected chi connectivity index (χ1v) is 6.55. The van der Waals surface area contributed by atoms with Crippen LogP contribution in [0.3, 0.4) is 0 Å². The first-order chi connectivity index (χ1) is 8.93. The molecule has 1 aliphatic rings. The Labute approximate surface area is 107 Å². The molecular formula is C14H18N4. The van der Waals surface area contributed by atoms with Crippen LogP contribution in [-0.2, 0) is 6.54 Å². The Morgan fingerprint density at radius 1 is 1.17 bits per heavy atom. The lowest BCUT2D eigenvalue weighted by atomic mass is 9.97. The summed E-state index contributed by atoms with van der Waals surface area (Å²) in [5, 5.41) is 3.40. The lowest BCUT2D eigenvalue weighted by Crippen LogP contribution is -2.28. The van der Waals surface area contributed by atoms with E-state index < -0.39 is 0 Å². The lowest BCUT2D eigenvalue weighted by Gasteiger charge is -2.23. The average Bonchev–Trinajstić information content (AvgIpc) is 2.89. The van der Waals surface area contributed by atoms with E-state index in [4.69, 9.17) is 0 Å². The molecule has 0 radical (unpaired) electrons. The van der Waals surface area contributed by atoms with Gasteiger partial charge in [0.05, 0.1) is 12.2 Å². The first kappa shape index (κ1) is 11.4. The fraction of sp³-hybridized carbons (Fsp3) is 0.429. The molecule has 0 amide bonds. The summed E-state index contributed by atoms with van der Waals surface area (Å²) in [6.45, 7) is 3.02. The van der Waals surface area contributed by atoms with Gasteiger partial charge >= 0.3 is 0 Å². The molecule has 4 nitrogen and oxygen atoms in total. The van der Waals surface area contributed by atoms with Gasteiger partial charge in [-0.3, -0.25) is 4.98 Å². The van der Waals surface area contributed by atoms with Crippen LogP contribution in [-0.4, -0.2) is 27.6 Å². The molecule has 1 fully saturated rings.